The van der Waals surface area contributed by atoms with E-state index in [-0.39, 0.29) is 44.4 Å². The van der Waals surface area contributed by atoms with Crippen LogP contribution in [0.5, 0.6) is 0 Å². The minimum Gasteiger partial charge on any atom is -0.462 e. The van der Waals surface area contributed by atoms with Crippen molar-refractivity contribution in [3.8, 4) is 0 Å². The number of hydrogen-bond donors (Lipinski definition) is 0. The van der Waals surface area contributed by atoms with Crippen LogP contribution in [0.2, 0.25) is 0 Å². The molecule has 0 aliphatic heterocycles. The van der Waals surface area contributed by atoms with Crippen LogP contribution in [-0.4, -0.2) is 37.2 Å². The zero-order valence-electron chi connectivity index (χ0n) is 43.5. The number of ether oxygens (including phenoxy) is 3. The first kappa shape index (κ1) is 63.8. The third-order valence-electron chi connectivity index (χ3n) is 10.2. The smallest absolute Gasteiger partial charge is 0.309 e. The number of carbonyl (C=O) groups excluding carboxylic acids is 3. The summed E-state index contributed by atoms with van der Waals surface area (Å²) < 4.78 is 16.6. The Morgan fingerprint density at radius 2 is 0.609 bits per heavy atom. The van der Waals surface area contributed by atoms with Gasteiger partial charge in [-0.05, 0) is 116 Å². The number of rotatable bonds is 45. The Labute approximate surface area is 422 Å². The van der Waals surface area contributed by atoms with E-state index in [2.05, 4.69) is 167 Å². The zero-order chi connectivity index (χ0) is 50.0. The van der Waals surface area contributed by atoms with Gasteiger partial charge in [-0.15, -0.1) is 0 Å². The molecule has 6 nitrogen and oxygen atoms in total. The lowest BCUT2D eigenvalue weighted by atomic mass is 10.1. The van der Waals surface area contributed by atoms with Gasteiger partial charge in [0, 0.05) is 12.8 Å². The summed E-state index contributed by atoms with van der Waals surface area (Å²) in [6, 6.07) is 0. The molecule has 382 valence electrons. The fourth-order valence-electron chi connectivity index (χ4n) is 6.38. The van der Waals surface area contributed by atoms with Crippen LogP contribution < -0.4 is 0 Å². The van der Waals surface area contributed by atoms with Crippen molar-refractivity contribution in [2.75, 3.05) is 13.2 Å². The first-order valence-electron chi connectivity index (χ1n) is 26.6. The molecule has 0 spiro atoms. The molecule has 0 radical (unpaired) electrons. The van der Waals surface area contributed by atoms with E-state index < -0.39 is 12.1 Å². The van der Waals surface area contributed by atoms with Crippen molar-refractivity contribution in [3.63, 3.8) is 0 Å². The normalized spacial score (nSPS) is 13.5. The Bertz CT molecular complexity index is 1650. The molecule has 0 amide bonds. The van der Waals surface area contributed by atoms with Crippen LogP contribution in [0.4, 0.5) is 0 Å². The molecule has 0 rings (SSSR count). The summed E-state index contributed by atoms with van der Waals surface area (Å²) in [5.74, 6) is -1.19. The number of unbranched alkanes of at least 4 members (excludes halogenated alkanes) is 7. The molecule has 0 aromatic rings. The molecular formula is C63H94O6. The molecule has 0 fully saturated rings. The van der Waals surface area contributed by atoms with Crippen LogP contribution in [0.1, 0.15) is 188 Å². The highest BCUT2D eigenvalue weighted by molar-refractivity contribution is 5.72. The molecule has 0 heterocycles. The van der Waals surface area contributed by atoms with Crippen molar-refractivity contribution in [3.05, 3.63) is 170 Å². The molecule has 0 saturated carbocycles. The first-order valence-corrected chi connectivity index (χ1v) is 26.6. The molecule has 0 saturated heterocycles. The first-order chi connectivity index (χ1) is 34.0. The number of allylic oxidation sites excluding steroid dienone is 27. The lowest BCUT2D eigenvalue weighted by Crippen LogP contribution is -2.30. The summed E-state index contributed by atoms with van der Waals surface area (Å²) in [5, 5.41) is 0. The SMILES string of the molecule is CC/C=C\C/C=C\C/C=C\C/C=C\C/C=C\C/C=C\CCC(=O)OCC(COC(=O)C/C=C\C/C=C\C/C=C\C/C=C\C/C=C\CC)OC(=O)CCCCCCCCC/C=C\C/C=C\C/C=C\CC. The molecule has 0 aromatic carbocycles. The van der Waals surface area contributed by atoms with Crippen LogP contribution in [0.25, 0.3) is 0 Å². The minimum absolute atomic E-state index is 0.103. The minimum atomic E-state index is -0.863. The average molecular weight is 947 g/mol. The lowest BCUT2D eigenvalue weighted by molar-refractivity contribution is -0.166. The molecule has 0 bridgehead atoms. The van der Waals surface area contributed by atoms with E-state index >= 15 is 0 Å². The molecule has 0 aliphatic carbocycles. The second-order valence-electron chi connectivity index (χ2n) is 16.7. The number of esters is 3. The standard InChI is InChI=1S/C63H94O6/c1-4-7-10-13-16-19-22-25-28-30-31-33-35-38-41-44-47-50-53-56-62(65)68-59-60(58-67-61(64)55-52-49-46-43-40-37-34-27-24-21-18-15-12-9-6-3)69-63(66)57-54-51-48-45-42-39-36-32-29-26-23-20-17-14-11-8-5-2/h7-12,16-21,25-29,31,33-34,38,40-41,43,47,49-50,52,60H,4-6,13-15,22-24,30,32,35-37,39,42,44-46,48,51,53-59H2,1-3H3/b10-7-,11-8-,12-9-,19-16-,20-17-,21-18-,28-25-,29-26-,33-31-,34-27-,41-38-,43-40-,50-47-,52-49-. The van der Waals surface area contributed by atoms with Gasteiger partial charge in [-0.25, -0.2) is 0 Å². The molecule has 0 aliphatic rings. The summed E-state index contributed by atoms with van der Waals surface area (Å²) >= 11 is 0. The van der Waals surface area contributed by atoms with E-state index in [0.717, 1.165) is 116 Å². The van der Waals surface area contributed by atoms with E-state index in [0.29, 0.717) is 12.8 Å². The van der Waals surface area contributed by atoms with Gasteiger partial charge in [0.15, 0.2) is 6.10 Å². The third-order valence-corrected chi connectivity index (χ3v) is 10.2. The van der Waals surface area contributed by atoms with Gasteiger partial charge in [0.1, 0.15) is 13.2 Å². The van der Waals surface area contributed by atoms with Gasteiger partial charge in [0.2, 0.25) is 0 Å². The molecule has 0 aromatic heterocycles. The Kier molecular flexibility index (Phi) is 51.2. The Morgan fingerprint density at radius 1 is 0.304 bits per heavy atom. The van der Waals surface area contributed by atoms with Crippen LogP contribution >= 0.6 is 0 Å². The Hall–Kier alpha value is -5.23. The van der Waals surface area contributed by atoms with Crippen molar-refractivity contribution in [1.82, 2.24) is 0 Å². The van der Waals surface area contributed by atoms with E-state index in [1.165, 1.54) is 19.3 Å². The molecule has 0 N–H and O–H groups in total. The largest absolute Gasteiger partial charge is 0.462 e. The van der Waals surface area contributed by atoms with Crippen LogP contribution in [-0.2, 0) is 28.6 Å². The van der Waals surface area contributed by atoms with E-state index in [1.54, 1.807) is 6.08 Å². The third kappa shape index (κ3) is 53.6. The quantitative estimate of drug-likeness (QED) is 0.0262. The van der Waals surface area contributed by atoms with Gasteiger partial charge in [-0.1, -0.05) is 223 Å². The second kappa shape index (κ2) is 55.4. The average Bonchev–Trinajstić information content (AvgIpc) is 3.35. The Balaban J connectivity index is 4.67. The summed E-state index contributed by atoms with van der Waals surface area (Å²) in [5.41, 5.74) is 0. The second-order valence-corrected chi connectivity index (χ2v) is 16.7. The number of carbonyl (C=O) groups is 3. The van der Waals surface area contributed by atoms with Crippen molar-refractivity contribution < 1.29 is 28.6 Å². The van der Waals surface area contributed by atoms with Gasteiger partial charge in [0.25, 0.3) is 0 Å². The maximum absolute atomic E-state index is 12.8. The van der Waals surface area contributed by atoms with Gasteiger partial charge < -0.3 is 14.2 Å². The van der Waals surface area contributed by atoms with Crippen LogP contribution in [0, 0.1) is 0 Å². The maximum Gasteiger partial charge on any atom is 0.309 e. The summed E-state index contributed by atoms with van der Waals surface area (Å²) in [6.45, 7) is 6.11. The topological polar surface area (TPSA) is 78.9 Å². The highest BCUT2D eigenvalue weighted by Crippen LogP contribution is 2.12. The van der Waals surface area contributed by atoms with Crippen LogP contribution in [0.3, 0.4) is 0 Å². The summed E-state index contributed by atoms with van der Waals surface area (Å²) in [7, 11) is 0. The predicted molar refractivity (Wildman–Crippen MR) is 297 cm³/mol. The van der Waals surface area contributed by atoms with Crippen molar-refractivity contribution >= 4 is 17.9 Å². The van der Waals surface area contributed by atoms with E-state index in [9.17, 15) is 14.4 Å². The van der Waals surface area contributed by atoms with E-state index in [4.69, 9.17) is 14.2 Å². The van der Waals surface area contributed by atoms with Crippen molar-refractivity contribution in [1.29, 1.82) is 0 Å². The molecule has 1 atom stereocenters. The number of hydrogen-bond acceptors (Lipinski definition) is 6. The zero-order valence-corrected chi connectivity index (χ0v) is 43.5. The fourth-order valence-corrected chi connectivity index (χ4v) is 6.38. The molecule has 1 unspecified atom stereocenters. The maximum atomic E-state index is 12.8. The monoisotopic (exact) mass is 947 g/mol. The fraction of sp³-hybridized carbons (Fsp3) is 0.508. The van der Waals surface area contributed by atoms with Crippen LogP contribution in [0.15, 0.2) is 170 Å². The lowest BCUT2D eigenvalue weighted by Gasteiger charge is -2.18. The van der Waals surface area contributed by atoms with Crippen molar-refractivity contribution in [2.45, 2.75) is 194 Å². The van der Waals surface area contributed by atoms with Crippen molar-refractivity contribution in [2.24, 2.45) is 0 Å². The highest BCUT2D eigenvalue weighted by Gasteiger charge is 2.19. The van der Waals surface area contributed by atoms with Gasteiger partial charge in [-0.3, -0.25) is 14.4 Å². The summed E-state index contributed by atoms with van der Waals surface area (Å²) in [6.07, 6.45) is 82.3. The van der Waals surface area contributed by atoms with E-state index in [1.807, 2.05) is 18.2 Å². The van der Waals surface area contributed by atoms with Gasteiger partial charge >= 0.3 is 17.9 Å². The Morgan fingerprint density at radius 3 is 1.00 bits per heavy atom. The molecule has 6 heteroatoms. The predicted octanol–water partition coefficient (Wildman–Crippen LogP) is 18.0. The van der Waals surface area contributed by atoms with Gasteiger partial charge in [0.05, 0.1) is 6.42 Å². The molecule has 69 heavy (non-hydrogen) atoms. The summed E-state index contributed by atoms with van der Waals surface area (Å²) in [4.78, 5) is 38.0. The molecular weight excluding hydrogens is 853 g/mol. The highest BCUT2D eigenvalue weighted by atomic mass is 16.6. The van der Waals surface area contributed by atoms with Gasteiger partial charge in [-0.2, -0.15) is 0 Å².